The molecule has 3 aromatic rings. The minimum Gasteiger partial charge on any atom is -0.331 e. The number of hydrogen-bond donors (Lipinski definition) is 2. The van der Waals surface area contributed by atoms with Crippen LogP contribution in [-0.4, -0.2) is 38.5 Å². The topological polar surface area (TPSA) is 95.2 Å². The zero-order chi connectivity index (χ0) is 22.1. The van der Waals surface area contributed by atoms with Crippen molar-refractivity contribution in [2.45, 2.75) is 37.0 Å². The van der Waals surface area contributed by atoms with E-state index < -0.39 is 0 Å². The summed E-state index contributed by atoms with van der Waals surface area (Å²) >= 11 is 7.51. The van der Waals surface area contributed by atoms with E-state index in [0.717, 1.165) is 11.3 Å². The molecule has 1 aliphatic rings. The molecule has 1 atom stereocenters. The van der Waals surface area contributed by atoms with Crippen LogP contribution in [0, 0.1) is 0 Å². The average Bonchev–Trinajstić information content (AvgIpc) is 2.73. The van der Waals surface area contributed by atoms with Gasteiger partial charge in [0.15, 0.2) is 0 Å². The van der Waals surface area contributed by atoms with Crippen molar-refractivity contribution in [3.8, 4) is 0 Å². The molecule has 0 aliphatic carbocycles. The minimum absolute atomic E-state index is 0.0795. The van der Waals surface area contributed by atoms with Crippen LogP contribution >= 0.6 is 23.4 Å². The van der Waals surface area contributed by atoms with E-state index in [1.165, 1.54) is 11.8 Å². The van der Waals surface area contributed by atoms with Crippen molar-refractivity contribution in [2.24, 2.45) is 0 Å². The van der Waals surface area contributed by atoms with E-state index in [0.29, 0.717) is 39.5 Å². The van der Waals surface area contributed by atoms with Crippen molar-refractivity contribution < 1.29 is 9.59 Å². The number of nitrogens with one attached hydrogen (secondary N) is 2. The third-order valence-corrected chi connectivity index (χ3v) is 6.41. The minimum atomic E-state index is -0.275. The van der Waals surface area contributed by atoms with Crippen LogP contribution in [0.1, 0.15) is 36.5 Å². The first kappa shape index (κ1) is 21.4. The number of fused-ring (bicyclic) bond motifs is 2. The van der Waals surface area contributed by atoms with Crippen LogP contribution in [0.5, 0.6) is 0 Å². The van der Waals surface area contributed by atoms with Crippen LogP contribution in [0.25, 0.3) is 10.9 Å². The summed E-state index contributed by atoms with van der Waals surface area (Å²) in [4.78, 5) is 47.5. The molecule has 0 saturated carbocycles. The third-order valence-electron chi connectivity index (χ3n) is 5.00. The van der Waals surface area contributed by atoms with Gasteiger partial charge in [-0.25, -0.2) is 4.98 Å². The fourth-order valence-electron chi connectivity index (χ4n) is 3.46. The van der Waals surface area contributed by atoms with Crippen LogP contribution in [0.15, 0.2) is 46.1 Å². The number of benzene rings is 2. The number of thioether (sulfide) groups is 1. The molecule has 160 valence electrons. The van der Waals surface area contributed by atoms with E-state index in [1.54, 1.807) is 35.2 Å². The molecule has 0 unspecified atom stereocenters. The first-order valence-electron chi connectivity index (χ1n) is 9.95. The van der Waals surface area contributed by atoms with Crippen LogP contribution in [0.4, 0.5) is 5.69 Å². The highest BCUT2D eigenvalue weighted by Crippen LogP contribution is 2.36. The van der Waals surface area contributed by atoms with E-state index in [4.69, 9.17) is 11.6 Å². The van der Waals surface area contributed by atoms with Crippen LogP contribution in [-0.2, 0) is 11.3 Å². The summed E-state index contributed by atoms with van der Waals surface area (Å²) in [5.41, 5.74) is 1.32. The van der Waals surface area contributed by atoms with Gasteiger partial charge in [-0.1, -0.05) is 18.5 Å². The second-order valence-corrected chi connectivity index (χ2v) is 9.18. The van der Waals surface area contributed by atoms with Gasteiger partial charge in [-0.2, -0.15) is 0 Å². The number of anilines is 1. The quantitative estimate of drug-likeness (QED) is 0.603. The normalized spacial score (nSPS) is 15.5. The molecule has 2 N–H and O–H groups in total. The molecule has 2 amide bonds. The molecule has 0 saturated heterocycles. The number of aromatic nitrogens is 2. The molecule has 0 fully saturated rings. The van der Waals surface area contributed by atoms with Crippen molar-refractivity contribution in [1.29, 1.82) is 0 Å². The molecule has 0 bridgehead atoms. The summed E-state index contributed by atoms with van der Waals surface area (Å²) in [5, 5.41) is 3.61. The van der Waals surface area contributed by atoms with E-state index in [9.17, 15) is 14.4 Å². The summed E-state index contributed by atoms with van der Waals surface area (Å²) in [6, 6.07) is 10.2. The Balaban J connectivity index is 1.63. The lowest BCUT2D eigenvalue weighted by molar-refractivity contribution is -0.115. The Morgan fingerprint density at radius 2 is 2.03 bits per heavy atom. The van der Waals surface area contributed by atoms with Gasteiger partial charge in [-0.05, 0) is 49.7 Å². The Hall–Kier alpha value is -2.84. The molecule has 9 heteroatoms. The van der Waals surface area contributed by atoms with Crippen molar-refractivity contribution in [3.05, 3.63) is 63.2 Å². The highest BCUT2D eigenvalue weighted by Gasteiger charge is 2.25. The second-order valence-electron chi connectivity index (χ2n) is 7.36. The fourth-order valence-corrected chi connectivity index (χ4v) is 4.56. The molecule has 4 rings (SSSR count). The number of halogens is 1. The molecule has 31 heavy (non-hydrogen) atoms. The summed E-state index contributed by atoms with van der Waals surface area (Å²) in [6.45, 7) is 4.46. The van der Waals surface area contributed by atoms with Gasteiger partial charge < -0.3 is 15.2 Å². The Morgan fingerprint density at radius 1 is 1.23 bits per heavy atom. The lowest BCUT2D eigenvalue weighted by Gasteiger charge is -2.24. The Morgan fingerprint density at radius 3 is 2.81 bits per heavy atom. The summed E-state index contributed by atoms with van der Waals surface area (Å²) < 4.78 is 0. The lowest BCUT2D eigenvalue weighted by Crippen LogP contribution is -2.33. The van der Waals surface area contributed by atoms with E-state index in [1.807, 2.05) is 19.9 Å². The van der Waals surface area contributed by atoms with Gasteiger partial charge in [0.2, 0.25) is 5.91 Å². The monoisotopic (exact) mass is 456 g/mol. The maximum atomic E-state index is 13.2. The number of nitrogens with zero attached hydrogens (tertiary/aromatic N) is 2. The first-order chi connectivity index (χ1) is 14.9. The van der Waals surface area contributed by atoms with Gasteiger partial charge >= 0.3 is 0 Å². The van der Waals surface area contributed by atoms with Crippen molar-refractivity contribution in [3.63, 3.8) is 0 Å². The smallest absolute Gasteiger partial charge is 0.258 e. The largest absolute Gasteiger partial charge is 0.331 e. The van der Waals surface area contributed by atoms with Crippen molar-refractivity contribution in [1.82, 2.24) is 14.9 Å². The SMILES string of the molecule is CCCN(Cc1nc2cc(Cl)ccc2c(=O)[nH]1)C(=O)c1ccc2c(c1)NC(=O)[C@H](C)S2. The maximum Gasteiger partial charge on any atom is 0.258 e. The zero-order valence-corrected chi connectivity index (χ0v) is 18.6. The molecule has 0 radical (unpaired) electrons. The van der Waals surface area contributed by atoms with E-state index in [2.05, 4.69) is 15.3 Å². The number of amides is 2. The lowest BCUT2D eigenvalue weighted by atomic mass is 10.1. The second kappa shape index (κ2) is 8.72. The standard InChI is InChI=1S/C22H21ClN4O3S/c1-3-8-27(11-19-24-16-10-14(23)5-6-15(16)21(29)26-19)22(30)13-4-7-18-17(9-13)25-20(28)12(2)31-18/h4-7,9-10,12H,3,8,11H2,1-2H3,(H,25,28)(H,24,26,29)/t12-/m0/s1. The highest BCUT2D eigenvalue weighted by atomic mass is 35.5. The number of carbonyl (C=O) groups excluding carboxylic acids is 2. The number of H-pyrrole nitrogens is 1. The van der Waals surface area contributed by atoms with E-state index >= 15 is 0 Å². The highest BCUT2D eigenvalue weighted by molar-refractivity contribution is 8.00. The fraction of sp³-hybridized carbons (Fsp3) is 0.273. The summed E-state index contributed by atoms with van der Waals surface area (Å²) in [6.07, 6.45) is 0.741. The molecular formula is C22H21ClN4O3S. The number of rotatable bonds is 5. The molecule has 2 aromatic carbocycles. The molecule has 7 nitrogen and oxygen atoms in total. The first-order valence-corrected chi connectivity index (χ1v) is 11.2. The van der Waals surface area contributed by atoms with Crippen molar-refractivity contribution in [2.75, 3.05) is 11.9 Å². The van der Waals surface area contributed by atoms with Gasteiger partial charge in [-0.3, -0.25) is 14.4 Å². The third kappa shape index (κ3) is 4.45. The van der Waals surface area contributed by atoms with Crippen molar-refractivity contribution >= 4 is 51.8 Å². The molecule has 1 aromatic heterocycles. The van der Waals surface area contributed by atoms with Gasteiger partial charge in [-0.15, -0.1) is 11.8 Å². The Labute approximate surface area is 188 Å². The van der Waals surface area contributed by atoms with Gasteiger partial charge in [0.25, 0.3) is 11.5 Å². The predicted octanol–water partition coefficient (Wildman–Crippen LogP) is 4.06. The van der Waals surface area contributed by atoms with Crippen LogP contribution in [0.2, 0.25) is 5.02 Å². The zero-order valence-electron chi connectivity index (χ0n) is 17.1. The number of aromatic amines is 1. The van der Waals surface area contributed by atoms with E-state index in [-0.39, 0.29) is 29.2 Å². The molecule has 2 heterocycles. The van der Waals surface area contributed by atoms with Gasteiger partial charge in [0.1, 0.15) is 5.82 Å². The summed E-state index contributed by atoms with van der Waals surface area (Å²) in [5.74, 6) is 0.109. The number of carbonyl (C=O) groups is 2. The van der Waals surface area contributed by atoms with Gasteiger partial charge in [0.05, 0.1) is 28.4 Å². The van der Waals surface area contributed by atoms with Crippen LogP contribution < -0.4 is 10.9 Å². The average molecular weight is 457 g/mol. The van der Waals surface area contributed by atoms with Crippen LogP contribution in [0.3, 0.4) is 0 Å². The maximum absolute atomic E-state index is 13.2. The van der Waals surface area contributed by atoms with Gasteiger partial charge in [0, 0.05) is 22.0 Å². The molecule has 0 spiro atoms. The Bertz CT molecular complexity index is 1240. The predicted molar refractivity (Wildman–Crippen MR) is 123 cm³/mol. The molecular weight excluding hydrogens is 436 g/mol. The number of hydrogen-bond acceptors (Lipinski definition) is 5. The Kier molecular flexibility index (Phi) is 6.02. The molecule has 1 aliphatic heterocycles. The summed E-state index contributed by atoms with van der Waals surface area (Å²) in [7, 11) is 0.